The van der Waals surface area contributed by atoms with Crippen LogP contribution in [0.5, 0.6) is 0 Å². The van der Waals surface area contributed by atoms with Gasteiger partial charge in [-0.1, -0.05) is 172 Å². The normalized spacial score (nSPS) is 12.7. The highest BCUT2D eigenvalue weighted by molar-refractivity contribution is 6.06. The number of nitrogens with zero attached hydrogens (tertiary/aromatic N) is 1. The highest BCUT2D eigenvalue weighted by Crippen LogP contribution is 2.50. The summed E-state index contributed by atoms with van der Waals surface area (Å²) in [5.74, 6) is 0. The van der Waals surface area contributed by atoms with Crippen LogP contribution in [0.4, 0.5) is 17.1 Å². The maximum Gasteiger partial charge on any atom is 0.135 e. The van der Waals surface area contributed by atoms with Crippen LogP contribution in [0, 0.1) is 0 Å². The highest BCUT2D eigenvalue weighted by atomic mass is 16.3. The quantitative estimate of drug-likeness (QED) is 0.160. The van der Waals surface area contributed by atoms with Gasteiger partial charge in [0.05, 0.1) is 0 Å². The summed E-state index contributed by atoms with van der Waals surface area (Å²) in [6.45, 7) is 4.69. The number of hydrogen-bond acceptors (Lipinski definition) is 2. The van der Waals surface area contributed by atoms with E-state index >= 15 is 0 Å². The first kappa shape index (κ1) is 36.9. The van der Waals surface area contributed by atoms with Crippen LogP contribution in [0.25, 0.3) is 88.3 Å². The van der Waals surface area contributed by atoms with Gasteiger partial charge in [-0.15, -0.1) is 0 Å². The molecule has 10 aromatic carbocycles. The molecular weight excluding hydrogens is 763 g/mol. The molecule has 1 aliphatic carbocycles. The summed E-state index contributed by atoms with van der Waals surface area (Å²) in [6.07, 6.45) is 0. The van der Waals surface area contributed by atoms with Gasteiger partial charge in [0.25, 0.3) is 0 Å². The van der Waals surface area contributed by atoms with E-state index in [2.05, 4.69) is 231 Å². The van der Waals surface area contributed by atoms with E-state index in [0.717, 1.165) is 55.7 Å². The van der Waals surface area contributed by atoms with Crippen LogP contribution in [0.15, 0.2) is 229 Å². The molecule has 0 saturated carbocycles. The van der Waals surface area contributed by atoms with E-state index in [9.17, 15) is 0 Å². The fraction of sp³-hybridized carbons (Fsp3) is 0.0492. The number of benzene rings is 10. The van der Waals surface area contributed by atoms with Crippen LogP contribution in [-0.2, 0) is 5.41 Å². The minimum atomic E-state index is -0.0533. The van der Waals surface area contributed by atoms with E-state index in [1.807, 2.05) is 12.1 Å². The van der Waals surface area contributed by atoms with Gasteiger partial charge in [-0.2, -0.15) is 0 Å². The Bertz CT molecular complexity index is 3530. The third kappa shape index (κ3) is 6.25. The van der Waals surface area contributed by atoms with E-state index in [4.69, 9.17) is 4.42 Å². The largest absolute Gasteiger partial charge is 0.456 e. The van der Waals surface area contributed by atoms with Crippen molar-refractivity contribution in [3.63, 3.8) is 0 Å². The molecule has 2 heteroatoms. The molecule has 12 rings (SSSR count). The summed E-state index contributed by atoms with van der Waals surface area (Å²) in [4.78, 5) is 2.38. The van der Waals surface area contributed by atoms with Crippen LogP contribution >= 0.6 is 0 Å². The van der Waals surface area contributed by atoms with Crippen LogP contribution in [0.2, 0.25) is 0 Å². The Morgan fingerprint density at radius 1 is 0.317 bits per heavy atom. The van der Waals surface area contributed by atoms with Crippen molar-refractivity contribution in [1.82, 2.24) is 0 Å². The standard InChI is InChI=1S/C61H43NO/c1-61(2)57-22-7-5-19-53(57)54-34-28-46(39-58(54)61)41-26-32-49(33-27-41)62(48-30-24-40(25-31-48)45-29-35-60-56(38-45)55-20-6-8-23-59(55)63-60)50-17-10-15-44(37-50)43-14-9-16-47(36-43)52-21-11-13-42-12-3-4-18-51(42)52/h3-39H,1-2H3. The summed E-state index contributed by atoms with van der Waals surface area (Å²) in [7, 11) is 0. The van der Waals surface area contributed by atoms with E-state index in [1.165, 1.54) is 60.8 Å². The molecule has 0 spiro atoms. The van der Waals surface area contributed by atoms with E-state index in [-0.39, 0.29) is 5.41 Å². The van der Waals surface area contributed by atoms with Gasteiger partial charge in [-0.05, 0) is 144 Å². The first-order chi connectivity index (χ1) is 31.0. The lowest BCUT2D eigenvalue weighted by molar-refractivity contribution is 0.660. The van der Waals surface area contributed by atoms with Gasteiger partial charge >= 0.3 is 0 Å². The fourth-order valence-electron chi connectivity index (χ4n) is 10.0. The Balaban J connectivity index is 0.932. The Kier molecular flexibility index (Phi) is 8.55. The molecule has 2 nitrogen and oxygen atoms in total. The molecule has 0 bridgehead atoms. The van der Waals surface area contributed by atoms with Crippen molar-refractivity contribution in [2.75, 3.05) is 4.90 Å². The van der Waals surface area contributed by atoms with Crippen molar-refractivity contribution in [3.05, 3.63) is 236 Å². The molecule has 0 amide bonds. The van der Waals surface area contributed by atoms with E-state index in [1.54, 1.807) is 0 Å². The Morgan fingerprint density at radius 2 is 0.857 bits per heavy atom. The number of fused-ring (bicyclic) bond motifs is 7. The van der Waals surface area contributed by atoms with Crippen molar-refractivity contribution in [3.8, 4) is 55.6 Å². The maximum absolute atomic E-state index is 6.15. The first-order valence-electron chi connectivity index (χ1n) is 21.8. The van der Waals surface area contributed by atoms with Crippen molar-refractivity contribution >= 4 is 49.8 Å². The van der Waals surface area contributed by atoms with Gasteiger partial charge < -0.3 is 9.32 Å². The van der Waals surface area contributed by atoms with Gasteiger partial charge in [0.1, 0.15) is 11.2 Å². The van der Waals surface area contributed by atoms with Gasteiger partial charge in [-0.25, -0.2) is 0 Å². The fourth-order valence-corrected chi connectivity index (χ4v) is 10.0. The predicted octanol–water partition coefficient (Wildman–Crippen LogP) is 17.2. The average Bonchev–Trinajstić information content (AvgIpc) is 3.83. The van der Waals surface area contributed by atoms with E-state index in [0.29, 0.717) is 0 Å². The third-order valence-electron chi connectivity index (χ3n) is 13.3. The summed E-state index contributed by atoms with van der Waals surface area (Å²) in [5, 5.41) is 4.77. The molecule has 1 aliphatic rings. The molecule has 0 N–H and O–H groups in total. The second kappa shape index (κ2) is 14.6. The lowest BCUT2D eigenvalue weighted by Gasteiger charge is -2.26. The van der Waals surface area contributed by atoms with Crippen molar-refractivity contribution in [1.29, 1.82) is 0 Å². The molecule has 11 aromatic rings. The maximum atomic E-state index is 6.15. The molecule has 1 heterocycles. The number of para-hydroxylation sites is 1. The van der Waals surface area contributed by atoms with Crippen LogP contribution in [0.1, 0.15) is 25.0 Å². The zero-order valence-corrected chi connectivity index (χ0v) is 35.2. The minimum Gasteiger partial charge on any atom is -0.456 e. The topological polar surface area (TPSA) is 16.4 Å². The van der Waals surface area contributed by atoms with Crippen molar-refractivity contribution in [2.24, 2.45) is 0 Å². The van der Waals surface area contributed by atoms with Gasteiger partial charge in [0.2, 0.25) is 0 Å². The van der Waals surface area contributed by atoms with Crippen LogP contribution in [-0.4, -0.2) is 0 Å². The Labute approximate surface area is 368 Å². The molecule has 0 unspecified atom stereocenters. The number of rotatable bonds is 7. The lowest BCUT2D eigenvalue weighted by atomic mass is 9.81. The highest BCUT2D eigenvalue weighted by Gasteiger charge is 2.35. The summed E-state index contributed by atoms with van der Waals surface area (Å²) in [5.41, 5.74) is 20.0. The van der Waals surface area contributed by atoms with Crippen LogP contribution < -0.4 is 4.90 Å². The Hall–Kier alpha value is -7.94. The molecule has 63 heavy (non-hydrogen) atoms. The molecule has 0 saturated heterocycles. The minimum absolute atomic E-state index is 0.0533. The van der Waals surface area contributed by atoms with Crippen LogP contribution in [0.3, 0.4) is 0 Å². The van der Waals surface area contributed by atoms with E-state index < -0.39 is 0 Å². The molecule has 0 atom stereocenters. The summed E-state index contributed by atoms with van der Waals surface area (Å²) >= 11 is 0. The summed E-state index contributed by atoms with van der Waals surface area (Å²) in [6, 6.07) is 81.7. The SMILES string of the molecule is CC1(C)c2ccccc2-c2ccc(-c3ccc(N(c4ccc(-c5ccc6oc7ccccc7c6c5)cc4)c4cccc(-c5cccc(-c6cccc7ccccc67)c5)c4)cc3)cc21. The van der Waals surface area contributed by atoms with Crippen molar-refractivity contribution < 1.29 is 4.42 Å². The third-order valence-corrected chi connectivity index (χ3v) is 13.3. The van der Waals surface area contributed by atoms with Gasteiger partial charge in [-0.3, -0.25) is 0 Å². The summed E-state index contributed by atoms with van der Waals surface area (Å²) < 4.78 is 6.15. The predicted molar refractivity (Wildman–Crippen MR) is 265 cm³/mol. The monoisotopic (exact) mass is 805 g/mol. The first-order valence-corrected chi connectivity index (χ1v) is 21.8. The number of furan rings is 1. The molecule has 0 fully saturated rings. The van der Waals surface area contributed by atoms with Crippen molar-refractivity contribution in [2.45, 2.75) is 19.3 Å². The average molecular weight is 806 g/mol. The smallest absolute Gasteiger partial charge is 0.135 e. The molecule has 0 aliphatic heterocycles. The molecule has 0 radical (unpaired) electrons. The number of anilines is 3. The zero-order valence-electron chi connectivity index (χ0n) is 35.2. The second-order valence-corrected chi connectivity index (χ2v) is 17.3. The lowest BCUT2D eigenvalue weighted by Crippen LogP contribution is -2.14. The van der Waals surface area contributed by atoms with Gasteiger partial charge in [0, 0.05) is 33.2 Å². The molecule has 1 aromatic heterocycles. The second-order valence-electron chi connectivity index (χ2n) is 17.3. The van der Waals surface area contributed by atoms with Gasteiger partial charge in [0.15, 0.2) is 0 Å². The molecule has 298 valence electrons. The zero-order chi connectivity index (χ0) is 42.1. The Morgan fingerprint density at radius 3 is 1.67 bits per heavy atom. The number of hydrogen-bond donors (Lipinski definition) is 0. The molecular formula is C61H43NO.